The molecular formula is C45H28O2. The molecule has 2 heterocycles. The standard InChI is InChI=1S/C45H28O2/c1-2-14-31-29(12-1)13-11-19-32(31)33-15-3-4-18-36(33)42-27-26-41(46-42)30-24-25-40-44(28-30)47-43-23-10-9-22-39(43)45(40)37-20-7-5-16-34(37)35-17-6-8-21-38(35)45/h1-28H. The van der Waals surface area contributed by atoms with E-state index in [1.807, 2.05) is 0 Å². The number of rotatable bonds is 3. The quantitative estimate of drug-likeness (QED) is 0.201. The van der Waals surface area contributed by atoms with Crippen LogP contribution in [0.15, 0.2) is 174 Å². The van der Waals surface area contributed by atoms with Crippen molar-refractivity contribution in [3.05, 3.63) is 192 Å². The van der Waals surface area contributed by atoms with Crippen LogP contribution in [0.2, 0.25) is 0 Å². The third-order valence-corrected chi connectivity index (χ3v) is 10.0. The Labute approximate surface area is 273 Å². The first-order valence-corrected chi connectivity index (χ1v) is 16.1. The molecule has 2 nitrogen and oxygen atoms in total. The van der Waals surface area contributed by atoms with Crippen LogP contribution in [0.5, 0.6) is 11.5 Å². The Hall–Kier alpha value is -6.12. The van der Waals surface area contributed by atoms with Crippen molar-refractivity contribution in [1.82, 2.24) is 0 Å². The van der Waals surface area contributed by atoms with Gasteiger partial charge < -0.3 is 9.15 Å². The van der Waals surface area contributed by atoms with E-state index in [-0.39, 0.29) is 0 Å². The van der Waals surface area contributed by atoms with Gasteiger partial charge in [-0.1, -0.05) is 146 Å². The molecule has 2 heteroatoms. The summed E-state index contributed by atoms with van der Waals surface area (Å²) in [5.41, 5.74) is 11.4. The van der Waals surface area contributed by atoms with Crippen molar-refractivity contribution < 1.29 is 9.15 Å². The zero-order chi connectivity index (χ0) is 31.0. The zero-order valence-corrected chi connectivity index (χ0v) is 25.5. The summed E-state index contributed by atoms with van der Waals surface area (Å²) >= 11 is 0. The van der Waals surface area contributed by atoms with E-state index in [2.05, 4.69) is 170 Å². The Morgan fingerprint density at radius 3 is 1.74 bits per heavy atom. The van der Waals surface area contributed by atoms with E-state index in [1.165, 1.54) is 44.2 Å². The second-order valence-electron chi connectivity index (χ2n) is 12.4. The highest BCUT2D eigenvalue weighted by atomic mass is 16.5. The molecule has 0 amide bonds. The summed E-state index contributed by atoms with van der Waals surface area (Å²) in [6.45, 7) is 0. The maximum absolute atomic E-state index is 6.72. The predicted molar refractivity (Wildman–Crippen MR) is 190 cm³/mol. The fourth-order valence-electron chi connectivity index (χ4n) is 8.05. The molecular weight excluding hydrogens is 572 g/mol. The summed E-state index contributed by atoms with van der Waals surface area (Å²) in [4.78, 5) is 0. The lowest BCUT2D eigenvalue weighted by molar-refractivity contribution is 0.436. The van der Waals surface area contributed by atoms with Gasteiger partial charge in [0.2, 0.25) is 0 Å². The maximum atomic E-state index is 6.72. The monoisotopic (exact) mass is 600 g/mol. The van der Waals surface area contributed by atoms with Crippen LogP contribution in [-0.4, -0.2) is 0 Å². The molecule has 10 rings (SSSR count). The van der Waals surface area contributed by atoms with Crippen molar-refractivity contribution in [3.8, 4) is 56.4 Å². The van der Waals surface area contributed by atoms with Crippen LogP contribution in [0.25, 0.3) is 55.7 Å². The van der Waals surface area contributed by atoms with E-state index in [0.717, 1.165) is 45.3 Å². The van der Waals surface area contributed by atoms with Crippen LogP contribution in [0, 0.1) is 0 Å². The summed E-state index contributed by atoms with van der Waals surface area (Å²) in [5.74, 6) is 3.37. The number of hydrogen-bond donors (Lipinski definition) is 0. The number of benzene rings is 7. The summed E-state index contributed by atoms with van der Waals surface area (Å²) < 4.78 is 13.4. The molecule has 0 saturated carbocycles. The molecule has 0 bridgehead atoms. The Morgan fingerprint density at radius 2 is 0.936 bits per heavy atom. The largest absolute Gasteiger partial charge is 0.457 e. The number of ether oxygens (including phenoxy) is 1. The molecule has 1 aromatic heterocycles. The van der Waals surface area contributed by atoms with E-state index < -0.39 is 5.41 Å². The van der Waals surface area contributed by atoms with Gasteiger partial charge in [0.1, 0.15) is 23.0 Å². The van der Waals surface area contributed by atoms with Crippen molar-refractivity contribution in [3.63, 3.8) is 0 Å². The smallest absolute Gasteiger partial charge is 0.135 e. The Kier molecular flexibility index (Phi) is 5.53. The summed E-state index contributed by atoms with van der Waals surface area (Å²) in [5, 5.41) is 2.45. The van der Waals surface area contributed by atoms with Crippen molar-refractivity contribution in [2.45, 2.75) is 5.41 Å². The second kappa shape index (κ2) is 9.94. The van der Waals surface area contributed by atoms with Gasteiger partial charge in [-0.3, -0.25) is 0 Å². The minimum absolute atomic E-state index is 0.471. The summed E-state index contributed by atoms with van der Waals surface area (Å²) in [6, 6.07) is 60.4. The molecule has 1 spiro atoms. The fraction of sp³-hybridized carbons (Fsp3) is 0.0222. The lowest BCUT2D eigenvalue weighted by atomic mass is 9.66. The van der Waals surface area contributed by atoms with Gasteiger partial charge in [-0.25, -0.2) is 0 Å². The van der Waals surface area contributed by atoms with E-state index in [9.17, 15) is 0 Å². The first-order valence-electron chi connectivity index (χ1n) is 16.1. The minimum atomic E-state index is -0.471. The number of fused-ring (bicyclic) bond motifs is 10. The molecule has 0 radical (unpaired) electrons. The highest BCUT2D eigenvalue weighted by Gasteiger charge is 2.50. The van der Waals surface area contributed by atoms with Crippen molar-refractivity contribution in [1.29, 1.82) is 0 Å². The van der Waals surface area contributed by atoms with E-state index in [1.54, 1.807) is 0 Å². The van der Waals surface area contributed by atoms with Gasteiger partial charge in [-0.05, 0) is 68.4 Å². The maximum Gasteiger partial charge on any atom is 0.135 e. The molecule has 1 aliphatic heterocycles. The molecule has 0 saturated heterocycles. The molecule has 220 valence electrons. The van der Waals surface area contributed by atoms with Gasteiger partial charge in [-0.15, -0.1) is 0 Å². The Morgan fingerprint density at radius 1 is 0.362 bits per heavy atom. The molecule has 0 unspecified atom stereocenters. The van der Waals surface area contributed by atoms with Gasteiger partial charge >= 0.3 is 0 Å². The van der Waals surface area contributed by atoms with Gasteiger partial charge in [0, 0.05) is 22.3 Å². The number of furan rings is 1. The SMILES string of the molecule is c1ccc2c(c1)Oc1cc(-c3ccc(-c4ccccc4-c4cccc5ccccc45)o3)ccc1C21c2ccccc2-c2ccccc21. The summed E-state index contributed by atoms with van der Waals surface area (Å²) in [6.07, 6.45) is 0. The van der Waals surface area contributed by atoms with Crippen LogP contribution >= 0.6 is 0 Å². The van der Waals surface area contributed by atoms with Gasteiger partial charge in [0.25, 0.3) is 0 Å². The van der Waals surface area contributed by atoms with E-state index in [0.29, 0.717) is 0 Å². The topological polar surface area (TPSA) is 22.4 Å². The normalized spacial score (nSPS) is 13.4. The van der Waals surface area contributed by atoms with Crippen LogP contribution in [0.3, 0.4) is 0 Å². The van der Waals surface area contributed by atoms with Crippen molar-refractivity contribution >= 4 is 10.8 Å². The van der Waals surface area contributed by atoms with Crippen molar-refractivity contribution in [2.24, 2.45) is 0 Å². The molecule has 8 aromatic rings. The molecule has 2 aliphatic rings. The van der Waals surface area contributed by atoms with Gasteiger partial charge in [-0.2, -0.15) is 0 Å². The minimum Gasteiger partial charge on any atom is -0.457 e. The highest BCUT2D eigenvalue weighted by Crippen LogP contribution is 2.62. The molecule has 0 N–H and O–H groups in total. The predicted octanol–water partition coefficient (Wildman–Crippen LogP) is 11.9. The Balaban J connectivity index is 1.12. The van der Waals surface area contributed by atoms with E-state index in [4.69, 9.17) is 9.15 Å². The van der Waals surface area contributed by atoms with Crippen LogP contribution in [0.1, 0.15) is 22.3 Å². The van der Waals surface area contributed by atoms with Crippen LogP contribution in [0.4, 0.5) is 0 Å². The lowest BCUT2D eigenvalue weighted by Gasteiger charge is -2.39. The fourth-order valence-corrected chi connectivity index (χ4v) is 8.05. The second-order valence-corrected chi connectivity index (χ2v) is 12.4. The van der Waals surface area contributed by atoms with Crippen LogP contribution < -0.4 is 4.74 Å². The first-order chi connectivity index (χ1) is 23.3. The molecule has 47 heavy (non-hydrogen) atoms. The summed E-state index contributed by atoms with van der Waals surface area (Å²) in [7, 11) is 0. The molecule has 1 aliphatic carbocycles. The van der Waals surface area contributed by atoms with Gasteiger partial charge in [0.15, 0.2) is 0 Å². The first kappa shape index (κ1) is 26.1. The number of hydrogen-bond acceptors (Lipinski definition) is 2. The molecule has 0 fully saturated rings. The molecule has 0 atom stereocenters. The third-order valence-electron chi connectivity index (χ3n) is 10.0. The average Bonchev–Trinajstić information content (AvgIpc) is 3.74. The lowest BCUT2D eigenvalue weighted by Crippen LogP contribution is -2.32. The number of para-hydroxylation sites is 1. The Bertz CT molecular complexity index is 2460. The highest BCUT2D eigenvalue weighted by molar-refractivity contribution is 6.00. The van der Waals surface area contributed by atoms with Crippen LogP contribution in [-0.2, 0) is 5.41 Å². The van der Waals surface area contributed by atoms with Crippen molar-refractivity contribution in [2.75, 3.05) is 0 Å². The zero-order valence-electron chi connectivity index (χ0n) is 25.5. The molecule has 7 aromatic carbocycles. The van der Waals surface area contributed by atoms with Gasteiger partial charge in [0.05, 0.1) is 5.41 Å². The average molecular weight is 601 g/mol. The third kappa shape index (κ3) is 3.67. The van der Waals surface area contributed by atoms with E-state index >= 15 is 0 Å².